The van der Waals surface area contributed by atoms with Crippen LogP contribution in [0.15, 0.2) is 83.5 Å². The van der Waals surface area contributed by atoms with Gasteiger partial charge in [-0.2, -0.15) is 5.10 Å². The van der Waals surface area contributed by atoms with Crippen LogP contribution in [0.1, 0.15) is 17.2 Å². The second-order valence-corrected chi connectivity index (χ2v) is 9.07. The molecule has 8 nitrogen and oxygen atoms in total. The minimum absolute atomic E-state index is 0.0591. The number of nitro groups is 1. The first kappa shape index (κ1) is 23.6. The average Bonchev–Trinajstić information content (AvgIpc) is 3.28. The molecule has 2 aliphatic heterocycles. The van der Waals surface area contributed by atoms with E-state index in [1.807, 2.05) is 41.4 Å². The number of non-ortho nitro benzene ring substituents is 1. The molecular weight excluding hydrogens is 456 g/mol. The third-order valence-electron chi connectivity index (χ3n) is 6.73. The number of hydrogen-bond donors (Lipinski definition) is 0. The fourth-order valence-corrected chi connectivity index (χ4v) is 4.97. The van der Waals surface area contributed by atoms with Crippen molar-refractivity contribution in [3.8, 4) is 11.5 Å². The van der Waals surface area contributed by atoms with Gasteiger partial charge in [-0.05, 0) is 66.2 Å². The summed E-state index contributed by atoms with van der Waals surface area (Å²) in [6.45, 7) is 1.63. The Labute approximate surface area is 210 Å². The zero-order valence-electron chi connectivity index (χ0n) is 20.5. The molecule has 0 bridgehead atoms. The summed E-state index contributed by atoms with van der Waals surface area (Å²) in [4.78, 5) is 13.1. The summed E-state index contributed by atoms with van der Waals surface area (Å²) in [7, 11) is 5.44. The van der Waals surface area contributed by atoms with Crippen LogP contribution in [-0.4, -0.2) is 49.9 Å². The van der Waals surface area contributed by atoms with Crippen molar-refractivity contribution in [3.63, 3.8) is 0 Å². The lowest BCUT2D eigenvalue weighted by molar-refractivity contribution is -0.384. The fraction of sp³-hybridized carbons (Fsp3) is 0.250. The van der Waals surface area contributed by atoms with E-state index in [4.69, 9.17) is 14.6 Å². The van der Waals surface area contributed by atoms with Gasteiger partial charge in [0.05, 0.1) is 36.6 Å². The Morgan fingerprint density at radius 3 is 2.14 bits per heavy atom. The van der Waals surface area contributed by atoms with Gasteiger partial charge in [0, 0.05) is 31.1 Å². The number of piperidine rings is 1. The zero-order chi connectivity index (χ0) is 25.2. The number of rotatable bonds is 6. The van der Waals surface area contributed by atoms with Crippen molar-refractivity contribution in [2.24, 2.45) is 11.0 Å². The highest BCUT2D eigenvalue weighted by atomic mass is 16.6. The van der Waals surface area contributed by atoms with Crippen LogP contribution in [0, 0.1) is 16.0 Å². The minimum atomic E-state index is -0.384. The molecule has 0 spiro atoms. The van der Waals surface area contributed by atoms with Crippen molar-refractivity contribution in [2.45, 2.75) is 6.04 Å². The molecule has 0 amide bonds. The molecule has 0 radical (unpaired) electrons. The number of anilines is 1. The lowest BCUT2D eigenvalue weighted by Crippen LogP contribution is -2.41. The number of likely N-dealkylation sites (tertiary alicyclic amines) is 1. The molecule has 5 rings (SSSR count). The Hall–Kier alpha value is -4.17. The van der Waals surface area contributed by atoms with Crippen molar-refractivity contribution < 1.29 is 14.4 Å². The molecule has 3 aromatic rings. The molecule has 2 aliphatic rings. The number of nitrogens with zero attached hydrogens (tertiary/aromatic N) is 4. The van der Waals surface area contributed by atoms with Crippen LogP contribution >= 0.6 is 0 Å². The smallest absolute Gasteiger partial charge is 0.269 e. The lowest BCUT2D eigenvalue weighted by Gasteiger charge is -2.34. The molecule has 2 atom stereocenters. The summed E-state index contributed by atoms with van der Waals surface area (Å²) in [5.41, 5.74) is 5.26. The molecule has 0 aliphatic carbocycles. The van der Waals surface area contributed by atoms with E-state index in [0.717, 1.165) is 52.7 Å². The molecule has 3 aromatic carbocycles. The number of methoxy groups -OCH3 is 2. The highest BCUT2D eigenvalue weighted by molar-refractivity contribution is 6.09. The number of hydrazone groups is 1. The first-order valence-electron chi connectivity index (χ1n) is 11.8. The third-order valence-corrected chi connectivity index (χ3v) is 6.73. The number of likely N-dealkylation sites (N-methyl/N-ethyl adjacent to an activating group) is 1. The van der Waals surface area contributed by atoms with Gasteiger partial charge in [-0.1, -0.05) is 24.3 Å². The maximum absolute atomic E-state index is 11.2. The van der Waals surface area contributed by atoms with Gasteiger partial charge in [-0.15, -0.1) is 0 Å². The van der Waals surface area contributed by atoms with Crippen LogP contribution in [0.25, 0.3) is 6.08 Å². The molecular formula is C28H28N4O4. The monoisotopic (exact) mass is 484 g/mol. The number of fused-ring (bicyclic) bond motifs is 1. The maximum Gasteiger partial charge on any atom is 0.269 e. The SMILES string of the molecule is COc1ccc(/C=C2/CN(C)C[C@@H]3C2=NN(c2ccc([N+](=O)[O-])cc2)[C@H]3c2ccc(OC)cc2)cc1. The van der Waals surface area contributed by atoms with Crippen molar-refractivity contribution in [2.75, 3.05) is 39.4 Å². The summed E-state index contributed by atoms with van der Waals surface area (Å²) in [6.07, 6.45) is 2.19. The topological polar surface area (TPSA) is 80.4 Å². The number of benzene rings is 3. The van der Waals surface area contributed by atoms with Crippen LogP contribution in [0.3, 0.4) is 0 Å². The normalized spacial score (nSPS) is 20.7. The van der Waals surface area contributed by atoms with E-state index in [0.29, 0.717) is 0 Å². The Morgan fingerprint density at radius 2 is 1.56 bits per heavy atom. The highest BCUT2D eigenvalue weighted by Crippen LogP contribution is 2.43. The van der Waals surface area contributed by atoms with E-state index < -0.39 is 0 Å². The molecule has 36 heavy (non-hydrogen) atoms. The quantitative estimate of drug-likeness (QED) is 0.355. The number of ether oxygens (including phenoxy) is 2. The van der Waals surface area contributed by atoms with Gasteiger partial charge in [0.25, 0.3) is 5.69 Å². The Kier molecular flexibility index (Phi) is 6.43. The predicted molar refractivity (Wildman–Crippen MR) is 141 cm³/mol. The molecule has 1 fully saturated rings. The van der Waals surface area contributed by atoms with Crippen LogP contribution in [0.5, 0.6) is 11.5 Å². The zero-order valence-corrected chi connectivity index (χ0v) is 20.5. The average molecular weight is 485 g/mol. The molecule has 0 aromatic heterocycles. The summed E-state index contributed by atoms with van der Waals surface area (Å²) in [5.74, 6) is 1.73. The Balaban J connectivity index is 1.58. The molecule has 2 heterocycles. The van der Waals surface area contributed by atoms with Crippen LogP contribution in [-0.2, 0) is 0 Å². The maximum atomic E-state index is 11.2. The standard InChI is InChI=1S/C28H28N4O4/c1-30-17-21(16-19-4-12-24(35-2)13-5-19)27-26(18-30)28(20-6-14-25(36-3)15-7-20)31(29-27)22-8-10-23(11-9-22)32(33)34/h4-16,26,28H,17-18H2,1-3H3/b21-16-/t26-,28+/m1/s1. The largest absolute Gasteiger partial charge is 0.497 e. The van der Waals surface area contributed by atoms with Crippen molar-refractivity contribution in [1.29, 1.82) is 0 Å². The third kappa shape index (κ3) is 4.55. The van der Waals surface area contributed by atoms with E-state index in [1.165, 1.54) is 12.1 Å². The molecule has 8 heteroatoms. The Morgan fingerprint density at radius 1 is 0.944 bits per heavy atom. The molecule has 0 unspecified atom stereocenters. The molecule has 0 saturated carbocycles. The van der Waals surface area contributed by atoms with Gasteiger partial charge in [0.2, 0.25) is 0 Å². The Bertz CT molecular complexity index is 1300. The first-order valence-corrected chi connectivity index (χ1v) is 11.8. The van der Waals surface area contributed by atoms with Crippen molar-refractivity contribution >= 4 is 23.2 Å². The lowest BCUT2D eigenvalue weighted by atomic mass is 9.83. The number of hydrogen-bond acceptors (Lipinski definition) is 7. The van der Waals surface area contributed by atoms with Gasteiger partial charge >= 0.3 is 0 Å². The molecule has 1 saturated heterocycles. The van der Waals surface area contributed by atoms with Gasteiger partial charge in [0.15, 0.2) is 0 Å². The first-order chi connectivity index (χ1) is 17.5. The highest BCUT2D eigenvalue weighted by Gasteiger charge is 2.43. The predicted octanol–water partition coefficient (Wildman–Crippen LogP) is 5.17. The second-order valence-electron chi connectivity index (χ2n) is 9.07. The van der Waals surface area contributed by atoms with Gasteiger partial charge in [-0.3, -0.25) is 15.1 Å². The van der Waals surface area contributed by atoms with Gasteiger partial charge in [-0.25, -0.2) is 0 Å². The van der Waals surface area contributed by atoms with Gasteiger partial charge < -0.3 is 14.4 Å². The summed E-state index contributed by atoms with van der Waals surface area (Å²) >= 11 is 0. The minimum Gasteiger partial charge on any atom is -0.497 e. The van der Waals surface area contributed by atoms with E-state index in [2.05, 4.69) is 30.2 Å². The fourth-order valence-electron chi connectivity index (χ4n) is 4.97. The van der Waals surface area contributed by atoms with Crippen LogP contribution < -0.4 is 14.5 Å². The van der Waals surface area contributed by atoms with E-state index in [9.17, 15) is 10.1 Å². The van der Waals surface area contributed by atoms with Gasteiger partial charge in [0.1, 0.15) is 11.5 Å². The van der Waals surface area contributed by atoms with E-state index >= 15 is 0 Å². The van der Waals surface area contributed by atoms with E-state index in [-0.39, 0.29) is 22.6 Å². The second kappa shape index (κ2) is 9.83. The van der Waals surface area contributed by atoms with E-state index in [1.54, 1.807) is 26.4 Å². The summed E-state index contributed by atoms with van der Waals surface area (Å²) in [6, 6.07) is 22.6. The molecule has 0 N–H and O–H groups in total. The van der Waals surface area contributed by atoms with Crippen molar-refractivity contribution in [1.82, 2.24) is 4.90 Å². The summed E-state index contributed by atoms with van der Waals surface area (Å²) < 4.78 is 10.7. The molecule has 184 valence electrons. The van der Waals surface area contributed by atoms with Crippen LogP contribution in [0.4, 0.5) is 11.4 Å². The number of nitro benzene ring substituents is 1. The summed E-state index contributed by atoms with van der Waals surface area (Å²) in [5, 5.41) is 18.3. The van der Waals surface area contributed by atoms with Crippen LogP contribution in [0.2, 0.25) is 0 Å². The van der Waals surface area contributed by atoms with Crippen molar-refractivity contribution in [3.05, 3.63) is 99.6 Å².